The summed E-state index contributed by atoms with van der Waals surface area (Å²) in [5.41, 5.74) is 3.27. The molecule has 0 aliphatic carbocycles. The minimum Gasteiger partial charge on any atom is -0.493 e. The Morgan fingerprint density at radius 3 is 2.82 bits per heavy atom. The molecule has 1 N–H and O–H groups in total. The van der Waals surface area contributed by atoms with Gasteiger partial charge in [0.1, 0.15) is 5.75 Å². The van der Waals surface area contributed by atoms with Crippen molar-refractivity contribution in [2.75, 3.05) is 11.9 Å². The Balaban J connectivity index is 1.64. The molecule has 0 bridgehead atoms. The van der Waals surface area contributed by atoms with Crippen molar-refractivity contribution in [2.24, 2.45) is 0 Å². The van der Waals surface area contributed by atoms with E-state index in [9.17, 15) is 4.79 Å². The quantitative estimate of drug-likeness (QED) is 0.776. The fourth-order valence-corrected chi connectivity index (χ4v) is 2.73. The molecule has 0 atom stereocenters. The summed E-state index contributed by atoms with van der Waals surface area (Å²) in [7, 11) is 0. The highest BCUT2D eigenvalue weighted by Gasteiger charge is 2.05. The maximum Gasteiger partial charge on any atom is 0.226 e. The van der Waals surface area contributed by atoms with Gasteiger partial charge in [-0.15, -0.1) is 11.3 Å². The highest BCUT2D eigenvalue weighted by molar-refractivity contribution is 7.13. The molecule has 22 heavy (non-hydrogen) atoms. The normalized spacial score (nSPS) is 10.5. The number of unbranched alkanes of at least 4 members (excludes halogenated alkanes) is 1. The molecule has 0 aliphatic heterocycles. The molecule has 0 saturated carbocycles. The fourth-order valence-electron chi connectivity index (χ4n) is 2.03. The van der Waals surface area contributed by atoms with Crippen molar-refractivity contribution in [1.29, 1.82) is 0 Å². The Morgan fingerprint density at radius 2 is 2.09 bits per heavy atom. The molecule has 0 saturated heterocycles. The maximum absolute atomic E-state index is 11.8. The van der Waals surface area contributed by atoms with Gasteiger partial charge in [0.2, 0.25) is 5.91 Å². The van der Waals surface area contributed by atoms with E-state index in [2.05, 4.69) is 29.4 Å². The predicted molar refractivity (Wildman–Crippen MR) is 90.7 cm³/mol. The van der Waals surface area contributed by atoms with E-state index in [0.29, 0.717) is 18.2 Å². The largest absolute Gasteiger partial charge is 0.493 e. The summed E-state index contributed by atoms with van der Waals surface area (Å²) in [5, 5.41) is 5.41. The van der Waals surface area contributed by atoms with Crippen LogP contribution in [0.1, 0.15) is 36.1 Å². The molecule has 1 aromatic heterocycles. The third-order valence-corrected chi connectivity index (χ3v) is 4.14. The number of hydrogen-bond acceptors (Lipinski definition) is 4. The second-order valence-corrected chi connectivity index (χ2v) is 6.27. The van der Waals surface area contributed by atoms with E-state index in [0.717, 1.165) is 29.8 Å². The molecule has 1 heterocycles. The number of carbonyl (C=O) groups excluding carboxylic acids is 1. The lowest BCUT2D eigenvalue weighted by molar-refractivity contribution is -0.116. The SMILES string of the molecule is Cc1ccc(C)c(OCCCCC(=O)Nc2nc(C)cs2)c1. The number of thiazole rings is 1. The number of anilines is 1. The van der Waals surface area contributed by atoms with Crippen LogP contribution in [0.25, 0.3) is 0 Å². The zero-order valence-corrected chi connectivity index (χ0v) is 14.1. The zero-order chi connectivity index (χ0) is 15.9. The number of aromatic nitrogens is 1. The van der Waals surface area contributed by atoms with Gasteiger partial charge in [-0.1, -0.05) is 12.1 Å². The topological polar surface area (TPSA) is 51.2 Å². The van der Waals surface area contributed by atoms with E-state index in [-0.39, 0.29) is 5.91 Å². The van der Waals surface area contributed by atoms with Crippen molar-refractivity contribution in [3.8, 4) is 5.75 Å². The van der Waals surface area contributed by atoms with Crippen molar-refractivity contribution >= 4 is 22.4 Å². The number of nitrogens with one attached hydrogen (secondary N) is 1. The molecule has 2 rings (SSSR count). The van der Waals surface area contributed by atoms with Gasteiger partial charge >= 0.3 is 0 Å². The van der Waals surface area contributed by atoms with Crippen molar-refractivity contribution in [2.45, 2.75) is 40.0 Å². The summed E-state index contributed by atoms with van der Waals surface area (Å²) in [5.74, 6) is 0.948. The molecule has 1 amide bonds. The molecular formula is C17H22N2O2S. The molecule has 2 aromatic rings. The van der Waals surface area contributed by atoms with Gasteiger partial charge in [0.15, 0.2) is 5.13 Å². The predicted octanol–water partition coefficient (Wildman–Crippen LogP) is 4.26. The Hall–Kier alpha value is -1.88. The Labute approximate surface area is 135 Å². The number of aryl methyl sites for hydroxylation is 3. The zero-order valence-electron chi connectivity index (χ0n) is 13.3. The third kappa shape index (κ3) is 5.15. The number of hydrogen-bond donors (Lipinski definition) is 1. The summed E-state index contributed by atoms with van der Waals surface area (Å²) in [6, 6.07) is 6.19. The van der Waals surface area contributed by atoms with Crippen LogP contribution in [0.4, 0.5) is 5.13 Å². The Bertz CT molecular complexity index is 637. The smallest absolute Gasteiger partial charge is 0.226 e. The van der Waals surface area contributed by atoms with Gasteiger partial charge in [0.05, 0.1) is 12.3 Å². The summed E-state index contributed by atoms with van der Waals surface area (Å²) in [4.78, 5) is 16.0. The van der Waals surface area contributed by atoms with Gasteiger partial charge in [0, 0.05) is 11.8 Å². The fraction of sp³-hybridized carbons (Fsp3) is 0.412. The number of nitrogens with zero attached hydrogens (tertiary/aromatic N) is 1. The highest BCUT2D eigenvalue weighted by atomic mass is 32.1. The van der Waals surface area contributed by atoms with Crippen molar-refractivity contribution in [3.05, 3.63) is 40.4 Å². The minimum absolute atomic E-state index is 0.0149. The first kappa shape index (κ1) is 16.5. The minimum atomic E-state index is 0.0149. The molecule has 0 radical (unpaired) electrons. The molecule has 0 spiro atoms. The van der Waals surface area contributed by atoms with Gasteiger partial charge < -0.3 is 10.1 Å². The second kappa shape index (κ2) is 7.94. The molecular weight excluding hydrogens is 296 g/mol. The van der Waals surface area contributed by atoms with Gasteiger partial charge in [-0.2, -0.15) is 0 Å². The van der Waals surface area contributed by atoms with E-state index < -0.39 is 0 Å². The third-order valence-electron chi connectivity index (χ3n) is 3.26. The van der Waals surface area contributed by atoms with E-state index in [1.807, 2.05) is 25.3 Å². The van der Waals surface area contributed by atoms with Crippen LogP contribution in [0.5, 0.6) is 5.75 Å². The summed E-state index contributed by atoms with van der Waals surface area (Å²) < 4.78 is 5.78. The van der Waals surface area contributed by atoms with E-state index in [4.69, 9.17) is 4.74 Å². The first-order chi connectivity index (χ1) is 10.5. The van der Waals surface area contributed by atoms with Crippen LogP contribution in [0.2, 0.25) is 0 Å². The second-order valence-electron chi connectivity index (χ2n) is 5.42. The average molecular weight is 318 g/mol. The maximum atomic E-state index is 11.8. The van der Waals surface area contributed by atoms with Gasteiger partial charge in [0.25, 0.3) is 0 Å². The molecule has 0 fully saturated rings. The van der Waals surface area contributed by atoms with Crippen molar-refractivity contribution in [3.63, 3.8) is 0 Å². The van der Waals surface area contributed by atoms with Gasteiger partial charge in [-0.05, 0) is 50.8 Å². The first-order valence-electron chi connectivity index (χ1n) is 7.46. The monoisotopic (exact) mass is 318 g/mol. The lowest BCUT2D eigenvalue weighted by Crippen LogP contribution is -2.11. The lowest BCUT2D eigenvalue weighted by Gasteiger charge is -2.09. The molecule has 4 nitrogen and oxygen atoms in total. The van der Waals surface area contributed by atoms with Crippen LogP contribution in [0.3, 0.4) is 0 Å². The molecule has 5 heteroatoms. The number of benzene rings is 1. The molecule has 0 unspecified atom stereocenters. The van der Waals surface area contributed by atoms with Crippen LogP contribution in [-0.2, 0) is 4.79 Å². The van der Waals surface area contributed by atoms with Crippen molar-refractivity contribution in [1.82, 2.24) is 4.98 Å². The van der Waals surface area contributed by atoms with E-state index in [1.165, 1.54) is 16.9 Å². The molecule has 1 aromatic carbocycles. The van der Waals surface area contributed by atoms with Crippen LogP contribution in [0, 0.1) is 20.8 Å². The first-order valence-corrected chi connectivity index (χ1v) is 8.34. The summed E-state index contributed by atoms with van der Waals surface area (Å²) in [6.07, 6.45) is 2.16. The standard InChI is InChI=1S/C17H22N2O2S/c1-12-7-8-13(2)15(10-12)21-9-5-4-6-16(20)19-17-18-14(3)11-22-17/h7-8,10-11H,4-6,9H2,1-3H3,(H,18,19,20). The van der Waals surface area contributed by atoms with Crippen LogP contribution >= 0.6 is 11.3 Å². The van der Waals surface area contributed by atoms with Gasteiger partial charge in [-0.25, -0.2) is 4.98 Å². The van der Waals surface area contributed by atoms with Crippen LogP contribution < -0.4 is 10.1 Å². The van der Waals surface area contributed by atoms with E-state index >= 15 is 0 Å². The van der Waals surface area contributed by atoms with Crippen LogP contribution in [0.15, 0.2) is 23.6 Å². The highest BCUT2D eigenvalue weighted by Crippen LogP contribution is 2.19. The summed E-state index contributed by atoms with van der Waals surface area (Å²) >= 11 is 1.45. The number of ether oxygens (including phenoxy) is 1. The average Bonchev–Trinajstić information content (AvgIpc) is 2.87. The number of carbonyl (C=O) groups is 1. The number of amides is 1. The van der Waals surface area contributed by atoms with Gasteiger partial charge in [-0.3, -0.25) is 4.79 Å². The lowest BCUT2D eigenvalue weighted by atomic mass is 10.1. The van der Waals surface area contributed by atoms with E-state index in [1.54, 1.807) is 0 Å². The molecule has 118 valence electrons. The Kier molecular flexibility index (Phi) is 5.95. The Morgan fingerprint density at radius 1 is 1.27 bits per heavy atom. The number of rotatable bonds is 7. The van der Waals surface area contributed by atoms with Crippen LogP contribution in [-0.4, -0.2) is 17.5 Å². The van der Waals surface area contributed by atoms with Crippen molar-refractivity contribution < 1.29 is 9.53 Å². The summed E-state index contributed by atoms with van der Waals surface area (Å²) in [6.45, 7) is 6.64. The molecule has 0 aliphatic rings.